The van der Waals surface area contributed by atoms with Crippen molar-refractivity contribution in [2.75, 3.05) is 13.1 Å². The van der Waals surface area contributed by atoms with Crippen LogP contribution in [0.15, 0.2) is 33.9 Å². The number of fused-ring (bicyclic) bond motifs is 1. The smallest absolute Gasteiger partial charge is 0.310 e. The van der Waals surface area contributed by atoms with Crippen LogP contribution in [0.4, 0.5) is 0 Å². The summed E-state index contributed by atoms with van der Waals surface area (Å²) in [6, 6.07) is 7.26. The maximum atomic E-state index is 12.2. The lowest BCUT2D eigenvalue weighted by atomic mass is 10.3. The third-order valence-electron chi connectivity index (χ3n) is 2.94. The molecule has 1 heterocycles. The number of aromatic nitrogens is 1. The highest BCUT2D eigenvalue weighted by atomic mass is 32.1. The van der Waals surface area contributed by atoms with Gasteiger partial charge in [0.25, 0.3) is 5.56 Å². The van der Waals surface area contributed by atoms with Crippen molar-refractivity contribution in [2.45, 2.75) is 26.3 Å². The predicted molar refractivity (Wildman–Crippen MR) is 80.1 cm³/mol. The van der Waals surface area contributed by atoms with E-state index in [-0.39, 0.29) is 10.4 Å². The van der Waals surface area contributed by atoms with E-state index in [1.807, 2.05) is 18.2 Å². The van der Waals surface area contributed by atoms with Crippen molar-refractivity contribution < 1.29 is 0 Å². The monoisotopic (exact) mass is 278 g/mol. The average Bonchev–Trinajstić information content (AvgIpc) is 2.42. The molecule has 0 atom stereocenters. The summed E-state index contributed by atoms with van der Waals surface area (Å²) in [6.45, 7) is 4.39. The van der Waals surface area contributed by atoms with Gasteiger partial charge in [0.1, 0.15) is 0 Å². The van der Waals surface area contributed by atoms with Crippen LogP contribution in [0.3, 0.4) is 0 Å². The fourth-order valence-electron chi connectivity index (χ4n) is 1.97. The highest BCUT2D eigenvalue weighted by molar-refractivity contribution is 7.16. The molecule has 1 aromatic heterocycles. The van der Waals surface area contributed by atoms with E-state index in [4.69, 9.17) is 0 Å². The van der Waals surface area contributed by atoms with Gasteiger partial charge < -0.3 is 5.32 Å². The Balaban J connectivity index is 2.19. The van der Waals surface area contributed by atoms with Crippen LogP contribution in [-0.4, -0.2) is 17.7 Å². The molecule has 0 spiro atoms. The number of benzene rings is 1. The summed E-state index contributed by atoms with van der Waals surface area (Å²) in [5.41, 5.74) is -0.171. The van der Waals surface area contributed by atoms with Crippen LogP contribution in [0.1, 0.15) is 19.8 Å². The lowest BCUT2D eigenvalue weighted by molar-refractivity contribution is 0.566. The minimum atomic E-state index is -0.171. The first-order chi connectivity index (χ1) is 9.24. The second-order valence-electron chi connectivity index (χ2n) is 4.42. The molecular formula is C14H18N2O2S. The van der Waals surface area contributed by atoms with Crippen LogP contribution >= 0.6 is 11.3 Å². The van der Waals surface area contributed by atoms with E-state index in [9.17, 15) is 9.59 Å². The zero-order chi connectivity index (χ0) is 13.7. The summed E-state index contributed by atoms with van der Waals surface area (Å²) in [6.07, 6.45) is 1.88. The fourth-order valence-corrected chi connectivity index (χ4v) is 2.85. The Bertz CT molecular complexity index is 660. The molecule has 1 aromatic carbocycles. The second kappa shape index (κ2) is 6.63. The average molecular weight is 278 g/mol. The molecule has 1 N–H and O–H groups in total. The molecule has 0 aliphatic rings. The van der Waals surface area contributed by atoms with Gasteiger partial charge in [0.05, 0.1) is 5.39 Å². The first-order valence-corrected chi connectivity index (χ1v) is 7.39. The minimum Gasteiger partial charge on any atom is -0.317 e. The van der Waals surface area contributed by atoms with E-state index in [2.05, 4.69) is 12.2 Å². The van der Waals surface area contributed by atoms with Crippen molar-refractivity contribution in [3.63, 3.8) is 0 Å². The summed E-state index contributed by atoms with van der Waals surface area (Å²) in [7, 11) is 0. The molecule has 2 rings (SSSR count). The molecule has 0 radical (unpaired) electrons. The van der Waals surface area contributed by atoms with Gasteiger partial charge in [0.2, 0.25) is 0 Å². The molecule has 0 saturated carbocycles. The van der Waals surface area contributed by atoms with Gasteiger partial charge in [-0.1, -0.05) is 30.4 Å². The van der Waals surface area contributed by atoms with E-state index < -0.39 is 0 Å². The summed E-state index contributed by atoms with van der Waals surface area (Å²) in [5.74, 6) is 0. The van der Waals surface area contributed by atoms with E-state index in [1.54, 1.807) is 6.07 Å². The van der Waals surface area contributed by atoms with Gasteiger partial charge in [-0.15, -0.1) is 0 Å². The Morgan fingerprint density at radius 1 is 1.21 bits per heavy atom. The summed E-state index contributed by atoms with van der Waals surface area (Å²) >= 11 is 1.14. The Labute approximate surface area is 115 Å². The highest BCUT2D eigenvalue weighted by Gasteiger charge is 2.06. The lowest BCUT2D eigenvalue weighted by Gasteiger charge is -2.06. The number of nitrogens with zero attached hydrogens (tertiary/aromatic N) is 1. The Morgan fingerprint density at radius 2 is 2.00 bits per heavy atom. The van der Waals surface area contributed by atoms with Gasteiger partial charge in [-0.2, -0.15) is 0 Å². The summed E-state index contributed by atoms with van der Waals surface area (Å²) < 4.78 is 2.11. The van der Waals surface area contributed by atoms with Crippen LogP contribution in [0.5, 0.6) is 0 Å². The molecular weight excluding hydrogens is 260 g/mol. The highest BCUT2D eigenvalue weighted by Crippen LogP contribution is 2.10. The normalized spacial score (nSPS) is 11.0. The van der Waals surface area contributed by atoms with Gasteiger partial charge in [-0.05, 0) is 38.1 Å². The zero-order valence-electron chi connectivity index (χ0n) is 11.0. The Morgan fingerprint density at radius 3 is 2.79 bits per heavy atom. The van der Waals surface area contributed by atoms with Gasteiger partial charge in [0.15, 0.2) is 0 Å². The first-order valence-electron chi connectivity index (χ1n) is 6.57. The molecule has 0 aliphatic carbocycles. The van der Waals surface area contributed by atoms with E-state index >= 15 is 0 Å². The van der Waals surface area contributed by atoms with Crippen LogP contribution in [-0.2, 0) is 6.54 Å². The molecule has 0 unspecified atom stereocenters. The maximum absolute atomic E-state index is 12.2. The maximum Gasteiger partial charge on any atom is 0.310 e. The zero-order valence-corrected chi connectivity index (χ0v) is 11.8. The van der Waals surface area contributed by atoms with E-state index in [0.717, 1.165) is 42.0 Å². The van der Waals surface area contributed by atoms with Crippen LogP contribution < -0.4 is 15.7 Å². The number of hydrogen-bond donors (Lipinski definition) is 1. The molecule has 0 aliphatic heterocycles. The molecule has 102 valence electrons. The largest absolute Gasteiger partial charge is 0.317 e. The number of rotatable bonds is 6. The van der Waals surface area contributed by atoms with Crippen molar-refractivity contribution in [3.05, 3.63) is 44.3 Å². The molecule has 0 amide bonds. The Kier molecular flexibility index (Phi) is 4.87. The van der Waals surface area contributed by atoms with Gasteiger partial charge in [-0.3, -0.25) is 14.2 Å². The van der Waals surface area contributed by atoms with Crippen LogP contribution in [0, 0.1) is 0 Å². The molecule has 4 nitrogen and oxygen atoms in total. The molecule has 2 aromatic rings. The van der Waals surface area contributed by atoms with Crippen molar-refractivity contribution in [1.82, 2.24) is 9.88 Å². The molecule has 0 bridgehead atoms. The van der Waals surface area contributed by atoms with Gasteiger partial charge in [0, 0.05) is 11.2 Å². The number of nitrogens with one attached hydrogen (secondary N) is 1. The molecule has 5 heteroatoms. The molecule has 19 heavy (non-hydrogen) atoms. The minimum absolute atomic E-state index is 0.167. The summed E-state index contributed by atoms with van der Waals surface area (Å²) in [4.78, 5) is 24.0. The van der Waals surface area contributed by atoms with Crippen LogP contribution in [0.2, 0.25) is 0 Å². The predicted octanol–water partition coefficient (Wildman–Crippen LogP) is 1.81. The third kappa shape index (κ3) is 3.30. The topological polar surface area (TPSA) is 51.1 Å². The molecule has 0 saturated heterocycles. The second-order valence-corrected chi connectivity index (χ2v) is 5.42. The third-order valence-corrected chi connectivity index (χ3v) is 3.91. The van der Waals surface area contributed by atoms with Crippen molar-refractivity contribution in [3.8, 4) is 0 Å². The lowest BCUT2D eigenvalue weighted by Crippen LogP contribution is -2.32. The first kappa shape index (κ1) is 14.0. The standard InChI is InChI=1S/C14H18N2O2S/c1-2-8-15-9-5-10-16-13(17)11-6-3-4-7-12(11)19-14(16)18/h3-4,6-7,15H,2,5,8-10H2,1H3. The van der Waals surface area contributed by atoms with E-state index in [0.29, 0.717) is 11.9 Å². The summed E-state index contributed by atoms with van der Waals surface area (Å²) in [5, 5.41) is 3.90. The van der Waals surface area contributed by atoms with Gasteiger partial charge >= 0.3 is 4.87 Å². The SMILES string of the molecule is CCCNCCCn1c(=O)sc2ccccc2c1=O. The van der Waals surface area contributed by atoms with Crippen molar-refractivity contribution in [2.24, 2.45) is 0 Å². The van der Waals surface area contributed by atoms with E-state index in [1.165, 1.54) is 4.57 Å². The van der Waals surface area contributed by atoms with Crippen LogP contribution in [0.25, 0.3) is 10.1 Å². The van der Waals surface area contributed by atoms with Crippen molar-refractivity contribution in [1.29, 1.82) is 0 Å². The molecule has 0 fully saturated rings. The van der Waals surface area contributed by atoms with Crippen molar-refractivity contribution >= 4 is 21.4 Å². The quantitative estimate of drug-likeness (QED) is 0.820. The fraction of sp³-hybridized carbons (Fsp3) is 0.429. The number of hydrogen-bond acceptors (Lipinski definition) is 4. The van der Waals surface area contributed by atoms with Gasteiger partial charge in [-0.25, -0.2) is 0 Å². The Hall–Kier alpha value is -1.46.